The van der Waals surface area contributed by atoms with E-state index in [1.807, 2.05) is 51.7 Å². The summed E-state index contributed by atoms with van der Waals surface area (Å²) >= 11 is 0. The normalized spacial score (nSPS) is 22.7. The standard InChI is InChI=1S/C19H30N4O3/c1-12(2)25-17-14(20)6-7-16(21-17)22-10-13-8-9-23(15(13)11-22)18(24)26-19(3,4)5/h6-7,12-13,15H,8-11,20H2,1-5H3/t13-,15+/m1/s1. The Kier molecular flexibility index (Phi) is 4.90. The fourth-order valence-electron chi connectivity index (χ4n) is 3.63. The minimum Gasteiger partial charge on any atom is -0.473 e. The first kappa shape index (κ1) is 18.6. The molecule has 0 spiro atoms. The van der Waals surface area contributed by atoms with E-state index in [2.05, 4.69) is 9.88 Å². The number of anilines is 2. The van der Waals surface area contributed by atoms with E-state index in [-0.39, 0.29) is 18.2 Å². The van der Waals surface area contributed by atoms with E-state index >= 15 is 0 Å². The van der Waals surface area contributed by atoms with Gasteiger partial charge in [0.2, 0.25) is 5.88 Å². The third-order valence-corrected chi connectivity index (χ3v) is 4.72. The topological polar surface area (TPSA) is 80.9 Å². The number of nitrogens with zero attached hydrogens (tertiary/aromatic N) is 3. The zero-order chi connectivity index (χ0) is 19.1. The van der Waals surface area contributed by atoms with E-state index in [9.17, 15) is 4.79 Å². The van der Waals surface area contributed by atoms with Crippen molar-refractivity contribution in [2.24, 2.45) is 5.92 Å². The summed E-state index contributed by atoms with van der Waals surface area (Å²) in [6.45, 7) is 12.0. The fraction of sp³-hybridized carbons (Fsp3) is 0.684. The number of rotatable bonds is 3. The zero-order valence-corrected chi connectivity index (χ0v) is 16.4. The lowest BCUT2D eigenvalue weighted by Gasteiger charge is -2.28. The van der Waals surface area contributed by atoms with Gasteiger partial charge in [0.15, 0.2) is 0 Å². The quantitative estimate of drug-likeness (QED) is 0.890. The minimum atomic E-state index is -0.477. The summed E-state index contributed by atoms with van der Waals surface area (Å²) in [6.07, 6.45) is 0.784. The van der Waals surface area contributed by atoms with Crippen LogP contribution >= 0.6 is 0 Å². The molecule has 2 fully saturated rings. The molecule has 2 aliphatic heterocycles. The third kappa shape index (κ3) is 3.97. The van der Waals surface area contributed by atoms with Gasteiger partial charge >= 0.3 is 6.09 Å². The maximum Gasteiger partial charge on any atom is 0.410 e. The summed E-state index contributed by atoms with van der Waals surface area (Å²) in [4.78, 5) is 21.2. The second-order valence-electron chi connectivity index (χ2n) is 8.43. The van der Waals surface area contributed by atoms with Crippen molar-refractivity contribution >= 4 is 17.6 Å². The maximum atomic E-state index is 12.5. The van der Waals surface area contributed by atoms with Gasteiger partial charge in [0.25, 0.3) is 0 Å². The van der Waals surface area contributed by atoms with Crippen LogP contribution in [0.15, 0.2) is 12.1 Å². The van der Waals surface area contributed by atoms with Crippen LogP contribution in [0, 0.1) is 5.92 Å². The highest BCUT2D eigenvalue weighted by Gasteiger charge is 2.45. The van der Waals surface area contributed by atoms with Gasteiger partial charge in [-0.25, -0.2) is 4.79 Å². The molecule has 0 radical (unpaired) electrons. The summed E-state index contributed by atoms with van der Waals surface area (Å²) in [5, 5.41) is 0. The molecule has 144 valence electrons. The number of carbonyl (C=O) groups is 1. The van der Waals surface area contributed by atoms with Crippen LogP contribution in [0.2, 0.25) is 0 Å². The number of nitrogens with two attached hydrogens (primary N) is 1. The number of nitrogen functional groups attached to an aromatic ring is 1. The van der Waals surface area contributed by atoms with Crippen molar-refractivity contribution in [3.8, 4) is 5.88 Å². The smallest absolute Gasteiger partial charge is 0.410 e. The SMILES string of the molecule is CC(C)Oc1nc(N2C[C@H]3CCN(C(=O)OC(C)(C)C)[C@H]3C2)ccc1N. The molecule has 3 heterocycles. The number of aromatic nitrogens is 1. The second-order valence-corrected chi connectivity index (χ2v) is 8.43. The lowest BCUT2D eigenvalue weighted by molar-refractivity contribution is 0.0229. The first-order valence-electron chi connectivity index (χ1n) is 9.32. The van der Waals surface area contributed by atoms with Crippen LogP contribution in [0.4, 0.5) is 16.3 Å². The van der Waals surface area contributed by atoms with Crippen molar-refractivity contribution < 1.29 is 14.3 Å². The number of hydrogen-bond acceptors (Lipinski definition) is 6. The number of ether oxygens (including phenoxy) is 2. The molecule has 0 aliphatic carbocycles. The second kappa shape index (κ2) is 6.85. The molecule has 26 heavy (non-hydrogen) atoms. The minimum absolute atomic E-state index is 0.0145. The van der Waals surface area contributed by atoms with Crippen molar-refractivity contribution in [1.29, 1.82) is 0 Å². The molecule has 3 rings (SSSR count). The van der Waals surface area contributed by atoms with Crippen LogP contribution in [0.3, 0.4) is 0 Å². The van der Waals surface area contributed by atoms with Crippen molar-refractivity contribution in [3.63, 3.8) is 0 Å². The highest BCUT2D eigenvalue weighted by atomic mass is 16.6. The van der Waals surface area contributed by atoms with Crippen molar-refractivity contribution in [2.75, 3.05) is 30.3 Å². The number of pyridine rings is 1. The summed E-state index contributed by atoms with van der Waals surface area (Å²) in [5.41, 5.74) is 6.04. The summed E-state index contributed by atoms with van der Waals surface area (Å²) in [7, 11) is 0. The number of likely N-dealkylation sites (tertiary alicyclic amines) is 1. The Morgan fingerprint density at radius 2 is 2.04 bits per heavy atom. The Bertz CT molecular complexity index is 671. The van der Waals surface area contributed by atoms with Gasteiger partial charge < -0.3 is 25.0 Å². The number of carbonyl (C=O) groups excluding carboxylic acids is 1. The molecule has 2 aliphatic rings. The summed E-state index contributed by atoms with van der Waals surface area (Å²) < 4.78 is 11.3. The van der Waals surface area contributed by atoms with Gasteiger partial charge in [-0.3, -0.25) is 0 Å². The van der Waals surface area contributed by atoms with Crippen LogP contribution in [0.25, 0.3) is 0 Å². The first-order valence-corrected chi connectivity index (χ1v) is 9.32. The molecule has 0 bridgehead atoms. The number of hydrogen-bond donors (Lipinski definition) is 1. The monoisotopic (exact) mass is 362 g/mol. The van der Waals surface area contributed by atoms with Crippen LogP contribution in [-0.2, 0) is 4.74 Å². The molecule has 2 atom stereocenters. The van der Waals surface area contributed by atoms with Gasteiger partial charge in [0.05, 0.1) is 17.8 Å². The molecule has 0 unspecified atom stereocenters. The highest BCUT2D eigenvalue weighted by Crippen LogP contribution is 2.35. The fourth-order valence-corrected chi connectivity index (χ4v) is 3.63. The van der Waals surface area contributed by atoms with E-state index in [4.69, 9.17) is 15.2 Å². The summed E-state index contributed by atoms with van der Waals surface area (Å²) in [6, 6.07) is 3.92. The largest absolute Gasteiger partial charge is 0.473 e. The van der Waals surface area contributed by atoms with Crippen molar-refractivity contribution in [3.05, 3.63) is 12.1 Å². The van der Waals surface area contributed by atoms with E-state index in [1.54, 1.807) is 0 Å². The summed E-state index contributed by atoms with van der Waals surface area (Å²) in [5.74, 6) is 1.75. The Morgan fingerprint density at radius 3 is 2.69 bits per heavy atom. The Hall–Kier alpha value is -2.18. The molecule has 7 nitrogen and oxygen atoms in total. The molecule has 1 amide bonds. The molecular formula is C19H30N4O3. The maximum absolute atomic E-state index is 12.5. The molecule has 7 heteroatoms. The van der Waals surface area contributed by atoms with Gasteiger partial charge in [-0.2, -0.15) is 4.98 Å². The predicted octanol–water partition coefficient (Wildman–Crippen LogP) is 2.90. The lowest BCUT2D eigenvalue weighted by atomic mass is 10.1. The number of fused-ring (bicyclic) bond motifs is 1. The molecular weight excluding hydrogens is 332 g/mol. The Morgan fingerprint density at radius 1 is 1.31 bits per heavy atom. The predicted molar refractivity (Wildman–Crippen MR) is 101 cm³/mol. The molecule has 2 N–H and O–H groups in total. The van der Waals surface area contributed by atoms with Crippen LogP contribution < -0.4 is 15.4 Å². The molecule has 0 saturated carbocycles. The van der Waals surface area contributed by atoms with Crippen LogP contribution in [-0.4, -0.2) is 53.4 Å². The van der Waals surface area contributed by atoms with E-state index in [0.717, 1.165) is 31.9 Å². The van der Waals surface area contributed by atoms with E-state index < -0.39 is 5.60 Å². The molecule has 1 aromatic heterocycles. The molecule has 2 saturated heterocycles. The highest BCUT2D eigenvalue weighted by molar-refractivity contribution is 5.69. The average Bonchev–Trinajstić information content (AvgIpc) is 3.07. The van der Waals surface area contributed by atoms with Gasteiger partial charge in [-0.1, -0.05) is 0 Å². The van der Waals surface area contributed by atoms with Crippen molar-refractivity contribution in [2.45, 2.75) is 58.8 Å². The van der Waals surface area contributed by atoms with Gasteiger partial charge in [0.1, 0.15) is 11.4 Å². The van der Waals surface area contributed by atoms with Crippen molar-refractivity contribution in [1.82, 2.24) is 9.88 Å². The Balaban J connectivity index is 1.71. The van der Waals surface area contributed by atoms with Crippen LogP contribution in [0.1, 0.15) is 41.0 Å². The molecule has 0 aromatic carbocycles. The van der Waals surface area contributed by atoms with Gasteiger partial charge in [-0.15, -0.1) is 0 Å². The number of amides is 1. The first-order chi connectivity index (χ1) is 12.1. The Labute approximate surface area is 155 Å². The van der Waals surface area contributed by atoms with Crippen LogP contribution in [0.5, 0.6) is 5.88 Å². The third-order valence-electron chi connectivity index (χ3n) is 4.72. The van der Waals surface area contributed by atoms with E-state index in [1.165, 1.54) is 0 Å². The van der Waals surface area contributed by atoms with E-state index in [0.29, 0.717) is 17.5 Å². The van der Waals surface area contributed by atoms with Gasteiger partial charge in [-0.05, 0) is 53.2 Å². The van der Waals surface area contributed by atoms with Gasteiger partial charge in [0, 0.05) is 25.6 Å². The average molecular weight is 362 g/mol. The molecule has 1 aromatic rings. The zero-order valence-electron chi connectivity index (χ0n) is 16.4. The lowest BCUT2D eigenvalue weighted by Crippen LogP contribution is -2.42.